The molecule has 0 heterocycles. The van der Waals surface area contributed by atoms with Crippen LogP contribution in [0, 0.1) is 0 Å². The maximum Gasteiger partial charge on any atom is 0.407 e. The monoisotopic (exact) mass is 251 g/mol. The van der Waals surface area contributed by atoms with Crippen LogP contribution >= 0.6 is 0 Å². The molecule has 0 fully saturated rings. The molecule has 18 heavy (non-hydrogen) atoms. The molecule has 0 aromatic heterocycles. The number of hydrogen-bond donors (Lipinski definition) is 2. The molecule has 1 atom stereocenters. The molecule has 100 valence electrons. The Hall–Kier alpha value is -1.55. The molecule has 4 heteroatoms. The van der Waals surface area contributed by atoms with E-state index in [2.05, 4.69) is 5.32 Å². The lowest BCUT2D eigenvalue weighted by Gasteiger charge is -2.19. The van der Waals surface area contributed by atoms with Crippen LogP contribution in [0.3, 0.4) is 0 Å². The van der Waals surface area contributed by atoms with Crippen LogP contribution in [0.15, 0.2) is 24.3 Å². The van der Waals surface area contributed by atoms with Crippen molar-refractivity contribution in [1.29, 1.82) is 0 Å². The largest absolute Gasteiger partial charge is 0.444 e. The van der Waals surface area contributed by atoms with Gasteiger partial charge in [0.15, 0.2) is 0 Å². The standard InChI is InChI=1S/C14H21NO3/c1-10(16)12-7-5-6-11(8-12)9-15-13(17)18-14(2,3)4/h5-8,10,16H,9H2,1-4H3,(H,15,17). The highest BCUT2D eigenvalue weighted by molar-refractivity contribution is 5.67. The molecule has 0 saturated heterocycles. The number of aliphatic hydroxyl groups is 1. The fourth-order valence-corrected chi connectivity index (χ4v) is 1.45. The Labute approximate surface area is 108 Å². The molecule has 2 N–H and O–H groups in total. The lowest BCUT2D eigenvalue weighted by atomic mass is 10.1. The third kappa shape index (κ3) is 5.19. The average Bonchev–Trinajstić information content (AvgIpc) is 2.24. The minimum absolute atomic E-state index is 0.384. The summed E-state index contributed by atoms with van der Waals surface area (Å²) >= 11 is 0. The van der Waals surface area contributed by atoms with Crippen LogP contribution in [0.1, 0.15) is 44.9 Å². The van der Waals surface area contributed by atoms with Gasteiger partial charge in [-0.3, -0.25) is 0 Å². The highest BCUT2D eigenvalue weighted by Crippen LogP contribution is 2.13. The number of carbonyl (C=O) groups excluding carboxylic acids is 1. The number of carbonyl (C=O) groups is 1. The van der Waals surface area contributed by atoms with E-state index in [1.165, 1.54) is 0 Å². The lowest BCUT2D eigenvalue weighted by molar-refractivity contribution is 0.0523. The van der Waals surface area contributed by atoms with E-state index >= 15 is 0 Å². The van der Waals surface area contributed by atoms with Crippen molar-refractivity contribution in [3.05, 3.63) is 35.4 Å². The summed E-state index contributed by atoms with van der Waals surface area (Å²) in [4.78, 5) is 11.5. The summed E-state index contributed by atoms with van der Waals surface area (Å²) in [6.07, 6.45) is -0.948. The van der Waals surface area contributed by atoms with Gasteiger partial charge in [-0.25, -0.2) is 4.79 Å². The zero-order chi connectivity index (χ0) is 13.8. The molecule has 1 unspecified atom stereocenters. The normalized spacial score (nSPS) is 12.9. The van der Waals surface area contributed by atoms with Crippen molar-refractivity contribution in [3.63, 3.8) is 0 Å². The van der Waals surface area contributed by atoms with E-state index in [4.69, 9.17) is 4.74 Å². The second-order valence-corrected chi connectivity index (χ2v) is 5.28. The van der Waals surface area contributed by atoms with E-state index in [1.807, 2.05) is 45.0 Å². The lowest BCUT2D eigenvalue weighted by Crippen LogP contribution is -2.32. The van der Waals surface area contributed by atoms with Crippen molar-refractivity contribution >= 4 is 6.09 Å². The molecular formula is C14H21NO3. The minimum Gasteiger partial charge on any atom is -0.444 e. The first-order chi connectivity index (χ1) is 8.28. The number of amides is 1. The highest BCUT2D eigenvalue weighted by Gasteiger charge is 2.15. The number of nitrogens with one attached hydrogen (secondary N) is 1. The molecule has 0 aliphatic rings. The summed E-state index contributed by atoms with van der Waals surface area (Å²) in [5.74, 6) is 0. The van der Waals surface area contributed by atoms with Crippen molar-refractivity contribution in [1.82, 2.24) is 5.32 Å². The molecule has 0 saturated carbocycles. The summed E-state index contributed by atoms with van der Waals surface area (Å²) in [6.45, 7) is 7.55. The van der Waals surface area contributed by atoms with Crippen LogP contribution in [0.25, 0.3) is 0 Å². The molecule has 0 spiro atoms. The number of benzene rings is 1. The molecule has 1 rings (SSSR count). The zero-order valence-electron chi connectivity index (χ0n) is 11.4. The van der Waals surface area contributed by atoms with Gasteiger partial charge >= 0.3 is 6.09 Å². The SMILES string of the molecule is CC(O)c1cccc(CNC(=O)OC(C)(C)C)c1. The molecule has 0 aliphatic carbocycles. The van der Waals surface area contributed by atoms with E-state index in [1.54, 1.807) is 6.92 Å². The van der Waals surface area contributed by atoms with Crippen molar-refractivity contribution in [2.75, 3.05) is 0 Å². The number of rotatable bonds is 3. The molecule has 1 amide bonds. The number of alkyl carbamates (subject to hydrolysis) is 1. The van der Waals surface area contributed by atoms with Gasteiger partial charge in [0.1, 0.15) is 5.60 Å². The van der Waals surface area contributed by atoms with Crippen LogP contribution in [0.4, 0.5) is 4.79 Å². The Morgan fingerprint density at radius 3 is 2.67 bits per heavy atom. The van der Waals surface area contributed by atoms with Gasteiger partial charge in [0, 0.05) is 6.54 Å². The quantitative estimate of drug-likeness (QED) is 0.868. The van der Waals surface area contributed by atoms with Gasteiger partial charge in [-0.1, -0.05) is 24.3 Å². The zero-order valence-corrected chi connectivity index (χ0v) is 11.4. The number of ether oxygens (including phenoxy) is 1. The Bertz CT molecular complexity index is 408. The predicted molar refractivity (Wildman–Crippen MR) is 70.1 cm³/mol. The Balaban J connectivity index is 2.53. The van der Waals surface area contributed by atoms with Gasteiger partial charge < -0.3 is 15.2 Å². The highest BCUT2D eigenvalue weighted by atomic mass is 16.6. The van der Waals surface area contributed by atoms with Crippen LogP contribution < -0.4 is 5.32 Å². The van der Waals surface area contributed by atoms with Crippen LogP contribution in [0.2, 0.25) is 0 Å². The van der Waals surface area contributed by atoms with Gasteiger partial charge in [0.25, 0.3) is 0 Å². The third-order valence-corrected chi connectivity index (χ3v) is 2.27. The van der Waals surface area contributed by atoms with Gasteiger partial charge in [-0.2, -0.15) is 0 Å². The smallest absolute Gasteiger partial charge is 0.407 e. The maximum absolute atomic E-state index is 11.5. The van der Waals surface area contributed by atoms with Crippen LogP contribution in [-0.4, -0.2) is 16.8 Å². The van der Waals surface area contributed by atoms with Gasteiger partial charge in [0.05, 0.1) is 6.10 Å². The van der Waals surface area contributed by atoms with Crippen LogP contribution in [0.5, 0.6) is 0 Å². The topological polar surface area (TPSA) is 58.6 Å². The van der Waals surface area contributed by atoms with E-state index in [0.717, 1.165) is 11.1 Å². The summed E-state index contributed by atoms with van der Waals surface area (Å²) < 4.78 is 5.14. The summed E-state index contributed by atoms with van der Waals surface area (Å²) in [7, 11) is 0. The van der Waals surface area contributed by atoms with Gasteiger partial charge in [0.2, 0.25) is 0 Å². The molecule has 4 nitrogen and oxygen atoms in total. The minimum atomic E-state index is -0.508. The first-order valence-corrected chi connectivity index (χ1v) is 6.02. The van der Waals surface area contributed by atoms with Gasteiger partial charge in [-0.15, -0.1) is 0 Å². The van der Waals surface area contributed by atoms with Crippen molar-refractivity contribution in [2.45, 2.75) is 45.9 Å². The number of hydrogen-bond acceptors (Lipinski definition) is 3. The Kier molecular flexibility index (Phi) is 4.73. The number of aliphatic hydroxyl groups excluding tert-OH is 1. The Morgan fingerprint density at radius 1 is 1.44 bits per heavy atom. The fourth-order valence-electron chi connectivity index (χ4n) is 1.45. The molecule has 0 radical (unpaired) electrons. The summed E-state index contributed by atoms with van der Waals surface area (Å²) in [5, 5.41) is 12.1. The third-order valence-electron chi connectivity index (χ3n) is 2.27. The van der Waals surface area contributed by atoms with E-state index in [-0.39, 0.29) is 0 Å². The summed E-state index contributed by atoms with van der Waals surface area (Å²) in [5.41, 5.74) is 1.27. The van der Waals surface area contributed by atoms with Crippen molar-refractivity contribution < 1.29 is 14.6 Å². The molecule has 1 aromatic carbocycles. The van der Waals surface area contributed by atoms with E-state index in [0.29, 0.717) is 6.54 Å². The Morgan fingerprint density at radius 2 is 2.11 bits per heavy atom. The second-order valence-electron chi connectivity index (χ2n) is 5.28. The fraction of sp³-hybridized carbons (Fsp3) is 0.500. The average molecular weight is 251 g/mol. The van der Waals surface area contributed by atoms with Crippen molar-refractivity contribution in [2.24, 2.45) is 0 Å². The first kappa shape index (κ1) is 14.5. The van der Waals surface area contributed by atoms with E-state index in [9.17, 15) is 9.90 Å². The molecule has 1 aromatic rings. The van der Waals surface area contributed by atoms with Crippen LogP contribution in [-0.2, 0) is 11.3 Å². The van der Waals surface area contributed by atoms with Crippen molar-refractivity contribution in [3.8, 4) is 0 Å². The molecular weight excluding hydrogens is 230 g/mol. The first-order valence-electron chi connectivity index (χ1n) is 6.02. The molecule has 0 aliphatic heterocycles. The predicted octanol–water partition coefficient (Wildman–Crippen LogP) is 2.76. The molecule has 0 bridgehead atoms. The second kappa shape index (κ2) is 5.87. The van der Waals surface area contributed by atoms with Gasteiger partial charge in [-0.05, 0) is 38.8 Å². The summed E-state index contributed by atoms with van der Waals surface area (Å²) in [6, 6.07) is 7.46. The van der Waals surface area contributed by atoms with E-state index < -0.39 is 17.8 Å². The maximum atomic E-state index is 11.5.